The third-order valence-electron chi connectivity index (χ3n) is 1.11. The first-order valence-corrected chi connectivity index (χ1v) is 3.70. The number of halogens is 2. The predicted octanol–water partition coefficient (Wildman–Crippen LogP) is 2.35. The number of alkyl halides is 2. The van der Waals surface area contributed by atoms with Gasteiger partial charge in [0.05, 0.1) is 12.2 Å². The fourth-order valence-electron chi connectivity index (χ4n) is 0.541. The van der Waals surface area contributed by atoms with Gasteiger partial charge in [-0.25, -0.2) is 0 Å². The molecule has 0 radical (unpaired) electrons. The van der Waals surface area contributed by atoms with E-state index >= 15 is 0 Å². The van der Waals surface area contributed by atoms with Gasteiger partial charge in [-0.15, -0.1) is 0 Å². The van der Waals surface area contributed by atoms with Gasteiger partial charge in [0.15, 0.2) is 0 Å². The van der Waals surface area contributed by atoms with Crippen LogP contribution in [-0.4, -0.2) is 18.1 Å². The average molecular weight is 177 g/mol. The van der Waals surface area contributed by atoms with Crippen LogP contribution in [-0.2, 0) is 4.74 Å². The SMILES string of the molecule is CC(C)(C)OCCC(F)(F)C#N. The van der Waals surface area contributed by atoms with Crippen molar-refractivity contribution in [1.82, 2.24) is 0 Å². The van der Waals surface area contributed by atoms with Gasteiger partial charge in [0.25, 0.3) is 0 Å². The molecule has 0 saturated carbocycles. The highest BCUT2D eigenvalue weighted by Crippen LogP contribution is 2.18. The zero-order valence-corrected chi connectivity index (χ0v) is 7.53. The number of rotatable bonds is 3. The maximum absolute atomic E-state index is 12.3. The van der Waals surface area contributed by atoms with Crippen LogP contribution < -0.4 is 0 Å². The van der Waals surface area contributed by atoms with E-state index in [1.54, 1.807) is 20.8 Å². The molecule has 0 aromatic carbocycles. The smallest absolute Gasteiger partial charge is 0.334 e. The highest BCUT2D eigenvalue weighted by molar-refractivity contribution is 4.91. The van der Waals surface area contributed by atoms with Crippen molar-refractivity contribution >= 4 is 0 Å². The van der Waals surface area contributed by atoms with E-state index in [0.717, 1.165) is 6.07 Å². The van der Waals surface area contributed by atoms with Crippen molar-refractivity contribution in [3.63, 3.8) is 0 Å². The minimum Gasteiger partial charge on any atom is -0.376 e. The van der Waals surface area contributed by atoms with E-state index < -0.39 is 17.9 Å². The number of nitrogens with zero attached hydrogens (tertiary/aromatic N) is 1. The molecule has 0 saturated heterocycles. The zero-order valence-electron chi connectivity index (χ0n) is 7.53. The molecule has 0 amide bonds. The largest absolute Gasteiger partial charge is 0.376 e. The molecule has 12 heavy (non-hydrogen) atoms. The van der Waals surface area contributed by atoms with Crippen LogP contribution in [0.1, 0.15) is 27.2 Å². The quantitative estimate of drug-likeness (QED) is 0.662. The van der Waals surface area contributed by atoms with Crippen LogP contribution in [0.5, 0.6) is 0 Å². The number of nitriles is 1. The molecule has 0 aliphatic heterocycles. The van der Waals surface area contributed by atoms with E-state index in [2.05, 4.69) is 0 Å². The van der Waals surface area contributed by atoms with Crippen molar-refractivity contribution in [1.29, 1.82) is 5.26 Å². The Kier molecular flexibility index (Phi) is 3.59. The molecule has 0 aliphatic rings. The van der Waals surface area contributed by atoms with E-state index in [0.29, 0.717) is 0 Å². The van der Waals surface area contributed by atoms with Crippen LogP contribution in [0.4, 0.5) is 8.78 Å². The Morgan fingerprint density at radius 1 is 1.33 bits per heavy atom. The lowest BCUT2D eigenvalue weighted by molar-refractivity contribution is -0.0414. The van der Waals surface area contributed by atoms with Crippen molar-refractivity contribution in [3.05, 3.63) is 0 Å². The lowest BCUT2D eigenvalue weighted by Crippen LogP contribution is -2.23. The lowest BCUT2D eigenvalue weighted by atomic mass is 10.2. The van der Waals surface area contributed by atoms with Gasteiger partial charge >= 0.3 is 5.92 Å². The minimum absolute atomic E-state index is 0.0932. The maximum Gasteiger partial charge on any atom is 0.334 e. The van der Waals surface area contributed by atoms with Gasteiger partial charge < -0.3 is 4.74 Å². The second-order valence-electron chi connectivity index (χ2n) is 3.53. The summed E-state index contributed by atoms with van der Waals surface area (Å²) in [6.45, 7) is 5.23. The van der Waals surface area contributed by atoms with Crippen LogP contribution in [0.15, 0.2) is 0 Å². The summed E-state index contributed by atoms with van der Waals surface area (Å²) in [6, 6.07) is 0.914. The Hall–Kier alpha value is -0.690. The molecule has 0 rings (SSSR count). The molecular weight excluding hydrogens is 164 g/mol. The summed E-state index contributed by atoms with van der Waals surface area (Å²) >= 11 is 0. The molecule has 0 atom stereocenters. The molecular formula is C8H13F2NO. The van der Waals surface area contributed by atoms with Gasteiger partial charge in [-0.1, -0.05) is 0 Å². The lowest BCUT2D eigenvalue weighted by Gasteiger charge is -2.20. The Morgan fingerprint density at radius 3 is 2.17 bits per heavy atom. The summed E-state index contributed by atoms with van der Waals surface area (Å²) in [7, 11) is 0. The Morgan fingerprint density at radius 2 is 1.83 bits per heavy atom. The third-order valence-corrected chi connectivity index (χ3v) is 1.11. The Labute approximate surface area is 71.1 Å². The zero-order chi connectivity index (χ0) is 9.83. The van der Waals surface area contributed by atoms with Crippen LogP contribution in [0, 0.1) is 11.3 Å². The normalized spacial score (nSPS) is 12.7. The maximum atomic E-state index is 12.3. The molecule has 0 N–H and O–H groups in total. The van der Waals surface area contributed by atoms with Crippen molar-refractivity contribution in [2.45, 2.75) is 38.7 Å². The summed E-state index contributed by atoms with van der Waals surface area (Å²) in [5, 5.41) is 7.97. The van der Waals surface area contributed by atoms with Crippen molar-refractivity contribution in [2.75, 3.05) is 6.61 Å². The number of hydrogen-bond acceptors (Lipinski definition) is 2. The fraction of sp³-hybridized carbons (Fsp3) is 0.875. The molecule has 0 fully saturated rings. The average Bonchev–Trinajstić information content (AvgIpc) is 1.84. The molecule has 70 valence electrons. The first-order valence-electron chi connectivity index (χ1n) is 3.70. The molecule has 2 nitrogen and oxygen atoms in total. The monoisotopic (exact) mass is 177 g/mol. The van der Waals surface area contributed by atoms with E-state index in [4.69, 9.17) is 10.00 Å². The highest BCUT2D eigenvalue weighted by atomic mass is 19.3. The Bertz CT molecular complexity index is 178. The first kappa shape index (κ1) is 11.3. The summed E-state index contributed by atoms with van der Waals surface area (Å²) in [5.41, 5.74) is -0.425. The van der Waals surface area contributed by atoms with Crippen LogP contribution >= 0.6 is 0 Å². The molecule has 0 aliphatic carbocycles. The van der Waals surface area contributed by atoms with Crippen LogP contribution in [0.25, 0.3) is 0 Å². The van der Waals surface area contributed by atoms with Gasteiger partial charge in [0, 0.05) is 6.42 Å². The summed E-state index contributed by atoms with van der Waals surface area (Å²) in [5.74, 6) is -3.26. The van der Waals surface area contributed by atoms with E-state index in [9.17, 15) is 8.78 Å². The third kappa shape index (κ3) is 6.05. The van der Waals surface area contributed by atoms with E-state index in [-0.39, 0.29) is 6.61 Å². The van der Waals surface area contributed by atoms with E-state index in [1.807, 2.05) is 0 Å². The molecule has 0 heterocycles. The fourth-order valence-corrected chi connectivity index (χ4v) is 0.541. The van der Waals surface area contributed by atoms with Gasteiger partial charge in [-0.05, 0) is 20.8 Å². The highest BCUT2D eigenvalue weighted by Gasteiger charge is 2.28. The Balaban J connectivity index is 3.66. The van der Waals surface area contributed by atoms with Crippen molar-refractivity contribution in [2.24, 2.45) is 0 Å². The van der Waals surface area contributed by atoms with Gasteiger partial charge in [-0.2, -0.15) is 14.0 Å². The first-order chi connectivity index (χ1) is 5.27. The topological polar surface area (TPSA) is 33.0 Å². The standard InChI is InChI=1S/C8H13F2NO/c1-7(2,3)12-5-4-8(9,10)6-11/h4-5H2,1-3H3. The summed E-state index contributed by atoms with van der Waals surface area (Å²) < 4.78 is 29.6. The summed E-state index contributed by atoms with van der Waals surface area (Å²) in [4.78, 5) is 0. The van der Waals surface area contributed by atoms with Crippen LogP contribution in [0.2, 0.25) is 0 Å². The molecule has 0 bridgehead atoms. The summed E-state index contributed by atoms with van der Waals surface area (Å²) in [6.07, 6.45) is -0.541. The van der Waals surface area contributed by atoms with Gasteiger partial charge in [0.2, 0.25) is 0 Å². The predicted molar refractivity (Wildman–Crippen MR) is 40.9 cm³/mol. The molecule has 0 unspecified atom stereocenters. The second kappa shape index (κ2) is 3.81. The number of ether oxygens (including phenoxy) is 1. The van der Waals surface area contributed by atoms with E-state index in [1.165, 1.54) is 0 Å². The van der Waals surface area contributed by atoms with Gasteiger partial charge in [0.1, 0.15) is 6.07 Å². The molecule has 0 aromatic heterocycles. The molecule has 4 heteroatoms. The number of hydrogen-bond donors (Lipinski definition) is 0. The second-order valence-corrected chi connectivity index (χ2v) is 3.53. The van der Waals surface area contributed by atoms with Crippen molar-refractivity contribution in [3.8, 4) is 6.07 Å². The van der Waals surface area contributed by atoms with Crippen LogP contribution in [0.3, 0.4) is 0 Å². The van der Waals surface area contributed by atoms with Gasteiger partial charge in [-0.3, -0.25) is 0 Å². The van der Waals surface area contributed by atoms with Crippen molar-refractivity contribution < 1.29 is 13.5 Å². The molecule has 0 aromatic rings. The molecule has 0 spiro atoms. The minimum atomic E-state index is -3.26.